The lowest BCUT2D eigenvalue weighted by Crippen LogP contribution is -2.44. The lowest BCUT2D eigenvalue weighted by Gasteiger charge is -2.26. The number of aliphatic carboxylic acids is 2. The Bertz CT molecular complexity index is 999. The highest BCUT2D eigenvalue weighted by Crippen LogP contribution is 2.26. The van der Waals surface area contributed by atoms with Crippen LogP contribution < -0.4 is 5.32 Å². The molecule has 3 N–H and O–H groups in total. The number of thioether (sulfide) groups is 1. The first-order chi connectivity index (χ1) is 16.7. The van der Waals surface area contributed by atoms with Gasteiger partial charge in [-0.2, -0.15) is 26.3 Å². The van der Waals surface area contributed by atoms with Gasteiger partial charge in [0.2, 0.25) is 0 Å². The number of esters is 1. The van der Waals surface area contributed by atoms with E-state index >= 15 is 0 Å². The summed E-state index contributed by atoms with van der Waals surface area (Å²) in [6.07, 6.45) is -10.2. The molecule has 0 radical (unpaired) electrons. The number of fused-ring (bicyclic) bond motifs is 1. The summed E-state index contributed by atoms with van der Waals surface area (Å²) in [5.74, 6) is -5.00. The number of carbonyl (C=O) groups excluding carboxylic acids is 1. The van der Waals surface area contributed by atoms with E-state index in [1.807, 2.05) is 6.07 Å². The molecule has 3 rings (SSSR count). The van der Waals surface area contributed by atoms with Gasteiger partial charge in [-0.25, -0.2) is 19.4 Å². The standard InChI is InChI=1S/C15H19N3O3S.2C2HF3O2/c1-20-14(19)11-3-2-4-12-13(11)21-15(17-12)22-10-9-18-7-5-16-6-8-18;2*3-2(4,5)1(6)7/h2-4,16H,5-10H2,1H3;2*(H,6,7). The Morgan fingerprint density at radius 3 is 2.08 bits per heavy atom. The molecule has 2 aromatic rings. The Labute approximate surface area is 203 Å². The number of carboxylic acids is 2. The second-order valence-corrected chi connectivity index (χ2v) is 7.72. The number of hydrogen-bond donors (Lipinski definition) is 3. The van der Waals surface area contributed by atoms with Gasteiger partial charge in [-0.3, -0.25) is 4.90 Å². The number of benzene rings is 1. The highest BCUT2D eigenvalue weighted by atomic mass is 32.2. The fraction of sp³-hybridized carbons (Fsp3) is 0.474. The number of para-hydroxylation sites is 1. The molecule has 1 aromatic carbocycles. The van der Waals surface area contributed by atoms with Gasteiger partial charge in [0.1, 0.15) is 11.1 Å². The topological polar surface area (TPSA) is 142 Å². The van der Waals surface area contributed by atoms with Gasteiger partial charge in [-0.1, -0.05) is 17.8 Å². The molecule has 0 aliphatic carbocycles. The molecule has 1 aliphatic heterocycles. The van der Waals surface area contributed by atoms with Crippen LogP contribution >= 0.6 is 11.8 Å². The van der Waals surface area contributed by atoms with Crippen molar-refractivity contribution in [1.29, 1.82) is 0 Å². The van der Waals surface area contributed by atoms with E-state index in [-0.39, 0.29) is 0 Å². The number of oxazole rings is 1. The number of nitrogens with zero attached hydrogens (tertiary/aromatic N) is 2. The van der Waals surface area contributed by atoms with Crippen molar-refractivity contribution in [2.75, 3.05) is 45.6 Å². The van der Waals surface area contributed by atoms with Crippen LogP contribution in [-0.2, 0) is 14.3 Å². The zero-order valence-corrected chi connectivity index (χ0v) is 19.3. The van der Waals surface area contributed by atoms with Crippen molar-refractivity contribution in [3.63, 3.8) is 0 Å². The maximum absolute atomic E-state index is 11.7. The van der Waals surface area contributed by atoms with Gasteiger partial charge in [-0.15, -0.1) is 0 Å². The van der Waals surface area contributed by atoms with E-state index in [1.54, 1.807) is 23.9 Å². The quantitative estimate of drug-likeness (QED) is 0.288. The number of methoxy groups -OCH3 is 1. The maximum Gasteiger partial charge on any atom is 0.490 e. The minimum atomic E-state index is -5.08. The van der Waals surface area contributed by atoms with E-state index in [0.717, 1.165) is 38.5 Å². The van der Waals surface area contributed by atoms with Crippen LogP contribution in [0.2, 0.25) is 0 Å². The zero-order valence-electron chi connectivity index (χ0n) is 18.5. The molecule has 0 spiro atoms. The van der Waals surface area contributed by atoms with Gasteiger partial charge >= 0.3 is 30.3 Å². The zero-order chi connectivity index (χ0) is 27.5. The van der Waals surface area contributed by atoms with E-state index in [4.69, 9.17) is 29.0 Å². The van der Waals surface area contributed by atoms with Crippen molar-refractivity contribution in [2.45, 2.75) is 17.6 Å². The number of hydrogen-bond acceptors (Lipinski definition) is 9. The van der Waals surface area contributed by atoms with Crippen LogP contribution in [-0.4, -0.2) is 95.9 Å². The Hall–Kier alpha value is -3.05. The molecule has 0 unspecified atom stereocenters. The summed E-state index contributed by atoms with van der Waals surface area (Å²) in [5.41, 5.74) is 1.60. The van der Waals surface area contributed by atoms with E-state index in [2.05, 4.69) is 15.2 Å². The number of ether oxygens (including phenoxy) is 1. The van der Waals surface area contributed by atoms with Crippen molar-refractivity contribution in [3.05, 3.63) is 23.8 Å². The molecule has 0 atom stereocenters. The summed E-state index contributed by atoms with van der Waals surface area (Å²) in [7, 11) is 1.36. The molecule has 17 heteroatoms. The molecule has 1 aliphatic rings. The smallest absolute Gasteiger partial charge is 0.475 e. The van der Waals surface area contributed by atoms with Crippen LogP contribution in [0.3, 0.4) is 0 Å². The van der Waals surface area contributed by atoms with Gasteiger partial charge < -0.3 is 24.7 Å². The molecule has 0 bridgehead atoms. The van der Waals surface area contributed by atoms with Gasteiger partial charge in [0.15, 0.2) is 5.58 Å². The van der Waals surface area contributed by atoms with Crippen molar-refractivity contribution < 1.29 is 60.1 Å². The van der Waals surface area contributed by atoms with E-state index in [0.29, 0.717) is 21.9 Å². The number of halogens is 6. The van der Waals surface area contributed by atoms with E-state index < -0.39 is 30.3 Å². The van der Waals surface area contributed by atoms with Crippen LogP contribution in [0.5, 0.6) is 0 Å². The Morgan fingerprint density at radius 1 is 1.08 bits per heavy atom. The van der Waals surface area contributed by atoms with Gasteiger partial charge in [-0.05, 0) is 12.1 Å². The van der Waals surface area contributed by atoms with E-state index in [1.165, 1.54) is 7.11 Å². The summed E-state index contributed by atoms with van der Waals surface area (Å²) >= 11 is 1.58. The minimum absolute atomic E-state index is 0.404. The second kappa shape index (κ2) is 13.9. The first-order valence-corrected chi connectivity index (χ1v) is 10.8. The Kier molecular flexibility index (Phi) is 11.9. The summed E-state index contributed by atoms with van der Waals surface area (Å²) in [6.45, 7) is 5.28. The molecule has 1 aromatic heterocycles. The lowest BCUT2D eigenvalue weighted by atomic mass is 10.2. The summed E-state index contributed by atoms with van der Waals surface area (Å²) in [4.78, 5) is 36.4. The first-order valence-electron chi connectivity index (χ1n) is 9.80. The summed E-state index contributed by atoms with van der Waals surface area (Å²) in [5, 5.41) is 18.2. The SMILES string of the molecule is COC(=O)c1cccc2nc(SCCN3CCNCC3)oc12.O=C(O)C(F)(F)F.O=C(O)C(F)(F)F. The number of carboxylic acid groups (broad SMARTS) is 2. The van der Waals surface area contributed by atoms with Crippen LogP contribution in [0.25, 0.3) is 11.1 Å². The normalized spacial score (nSPS) is 14.2. The van der Waals surface area contributed by atoms with Crippen LogP contribution in [0.1, 0.15) is 10.4 Å². The van der Waals surface area contributed by atoms with Crippen molar-refractivity contribution in [3.8, 4) is 0 Å². The molecule has 202 valence electrons. The molecule has 2 heterocycles. The molecule has 0 saturated carbocycles. The fourth-order valence-electron chi connectivity index (χ4n) is 2.46. The number of aromatic nitrogens is 1. The number of alkyl halides is 6. The summed E-state index contributed by atoms with van der Waals surface area (Å²) in [6, 6.07) is 5.31. The Morgan fingerprint density at radius 2 is 1.61 bits per heavy atom. The van der Waals surface area contributed by atoms with Gasteiger partial charge in [0.25, 0.3) is 5.22 Å². The molecular weight excluding hydrogens is 528 g/mol. The van der Waals surface area contributed by atoms with Gasteiger partial charge in [0, 0.05) is 38.5 Å². The minimum Gasteiger partial charge on any atom is -0.475 e. The third-order valence-electron chi connectivity index (χ3n) is 4.13. The lowest BCUT2D eigenvalue weighted by molar-refractivity contribution is -0.193. The van der Waals surface area contributed by atoms with Gasteiger partial charge in [0.05, 0.1) is 7.11 Å². The fourth-order valence-corrected chi connectivity index (χ4v) is 3.29. The molecule has 36 heavy (non-hydrogen) atoms. The van der Waals surface area contributed by atoms with Crippen LogP contribution in [0, 0.1) is 0 Å². The monoisotopic (exact) mass is 549 g/mol. The number of rotatable bonds is 5. The molecule has 10 nitrogen and oxygen atoms in total. The predicted molar refractivity (Wildman–Crippen MR) is 113 cm³/mol. The molecule has 1 fully saturated rings. The molecule has 0 amide bonds. The van der Waals surface area contributed by atoms with Crippen molar-refractivity contribution >= 4 is 40.8 Å². The average Bonchev–Trinajstić information content (AvgIpc) is 3.22. The average molecular weight is 549 g/mol. The maximum atomic E-state index is 11.7. The first kappa shape index (κ1) is 31.0. The van der Waals surface area contributed by atoms with Crippen LogP contribution in [0.4, 0.5) is 26.3 Å². The van der Waals surface area contributed by atoms with Crippen LogP contribution in [0.15, 0.2) is 27.8 Å². The summed E-state index contributed by atoms with van der Waals surface area (Å²) < 4.78 is 74.0. The molecular formula is C19H21F6N3O7S. The molecule has 1 saturated heterocycles. The predicted octanol–water partition coefficient (Wildman–Crippen LogP) is 2.88. The van der Waals surface area contributed by atoms with Crippen molar-refractivity contribution in [2.24, 2.45) is 0 Å². The number of piperazine rings is 1. The largest absolute Gasteiger partial charge is 0.490 e. The van der Waals surface area contributed by atoms with E-state index in [9.17, 15) is 31.1 Å². The third-order valence-corrected chi connectivity index (χ3v) is 4.94. The highest BCUT2D eigenvalue weighted by Gasteiger charge is 2.38. The Balaban J connectivity index is 0.000000383. The second-order valence-electron chi connectivity index (χ2n) is 6.67. The highest BCUT2D eigenvalue weighted by molar-refractivity contribution is 7.99. The number of nitrogens with one attached hydrogen (secondary N) is 1. The third kappa shape index (κ3) is 10.7. The van der Waals surface area contributed by atoms with Crippen molar-refractivity contribution in [1.82, 2.24) is 15.2 Å². The number of carbonyl (C=O) groups is 3.